The normalized spacial score (nSPS) is 10.8. The van der Waals surface area contributed by atoms with Crippen molar-refractivity contribution >= 4 is 11.9 Å². The van der Waals surface area contributed by atoms with E-state index < -0.39 is 25.1 Å². The van der Waals surface area contributed by atoms with Crippen molar-refractivity contribution in [2.24, 2.45) is 0 Å². The third-order valence-electron chi connectivity index (χ3n) is 4.06. The summed E-state index contributed by atoms with van der Waals surface area (Å²) in [5.41, 5.74) is 0.702. The van der Waals surface area contributed by atoms with Crippen LogP contribution in [0.5, 0.6) is 5.75 Å². The molecule has 0 aliphatic heterocycles. The van der Waals surface area contributed by atoms with Gasteiger partial charge in [0, 0.05) is 26.0 Å². The molecule has 0 aliphatic carbocycles. The molecule has 0 aliphatic rings. The summed E-state index contributed by atoms with van der Waals surface area (Å²) >= 11 is 0. The number of rotatable bonds is 9. The zero-order valence-corrected chi connectivity index (χ0v) is 16.0. The number of benzene rings is 1. The number of halogens is 2. The first kappa shape index (κ1) is 21.0. The molecule has 1 aromatic carbocycles. The molecule has 0 saturated carbocycles. The molecular weight excluding hydrogens is 400 g/mol. The summed E-state index contributed by atoms with van der Waals surface area (Å²) in [5.74, 6) is -0.644. The van der Waals surface area contributed by atoms with Crippen LogP contribution in [0.15, 0.2) is 59.3 Å². The van der Waals surface area contributed by atoms with Gasteiger partial charge in [0.15, 0.2) is 6.61 Å². The Labute approximate surface area is 170 Å². The minimum atomic E-state index is -2.90. The lowest BCUT2D eigenvalue weighted by Crippen LogP contribution is -2.30. The molecule has 0 atom stereocenters. The maximum Gasteiger partial charge on any atom is 0.387 e. The van der Waals surface area contributed by atoms with E-state index in [9.17, 15) is 18.4 Å². The standard InChI is InChI=1S/C20H19F2N3O5/c1-24(11-14-3-5-15(6-4-14)30-20(21)22)18(26)13-28-19(27)17-8-7-16(29-17)12-25-10-2-9-23-25/h2-10,20H,11-13H2,1H3. The molecule has 158 valence electrons. The van der Waals surface area contributed by atoms with Gasteiger partial charge in [0.25, 0.3) is 5.91 Å². The van der Waals surface area contributed by atoms with Crippen molar-refractivity contribution in [3.05, 3.63) is 71.9 Å². The number of furan rings is 1. The molecule has 0 spiro atoms. The molecule has 3 rings (SSSR count). The van der Waals surface area contributed by atoms with Crippen molar-refractivity contribution in [1.29, 1.82) is 0 Å². The minimum absolute atomic E-state index is 0.0118. The molecule has 0 radical (unpaired) electrons. The Kier molecular flexibility index (Phi) is 6.79. The Balaban J connectivity index is 1.46. The summed E-state index contributed by atoms with van der Waals surface area (Å²) in [5, 5.41) is 4.05. The first-order chi connectivity index (χ1) is 14.4. The quantitative estimate of drug-likeness (QED) is 0.496. The predicted octanol–water partition coefficient (Wildman–Crippen LogP) is 2.94. The Morgan fingerprint density at radius 1 is 1.20 bits per heavy atom. The van der Waals surface area contributed by atoms with Crippen molar-refractivity contribution in [2.45, 2.75) is 19.7 Å². The Hall–Kier alpha value is -3.69. The molecular formula is C20H19F2N3O5. The molecule has 0 unspecified atom stereocenters. The van der Waals surface area contributed by atoms with Crippen LogP contribution >= 0.6 is 0 Å². The van der Waals surface area contributed by atoms with Gasteiger partial charge in [-0.15, -0.1) is 0 Å². The summed E-state index contributed by atoms with van der Waals surface area (Å²) in [6.07, 6.45) is 3.39. The molecule has 10 heteroatoms. The van der Waals surface area contributed by atoms with E-state index in [-0.39, 0.29) is 18.1 Å². The summed E-state index contributed by atoms with van der Waals surface area (Å²) in [4.78, 5) is 25.6. The van der Waals surface area contributed by atoms with Crippen LogP contribution in [0.1, 0.15) is 21.9 Å². The molecule has 3 aromatic rings. The first-order valence-corrected chi connectivity index (χ1v) is 8.91. The lowest BCUT2D eigenvalue weighted by atomic mass is 10.2. The molecule has 0 fully saturated rings. The molecule has 0 N–H and O–H groups in total. The van der Waals surface area contributed by atoms with Gasteiger partial charge in [-0.1, -0.05) is 12.1 Å². The van der Waals surface area contributed by atoms with Crippen molar-refractivity contribution in [2.75, 3.05) is 13.7 Å². The lowest BCUT2D eigenvalue weighted by Gasteiger charge is -2.17. The predicted molar refractivity (Wildman–Crippen MR) is 99.9 cm³/mol. The molecule has 0 bridgehead atoms. The van der Waals surface area contributed by atoms with Crippen LogP contribution in [-0.2, 0) is 22.6 Å². The van der Waals surface area contributed by atoms with Crippen LogP contribution in [-0.4, -0.2) is 46.8 Å². The third-order valence-corrected chi connectivity index (χ3v) is 4.06. The van der Waals surface area contributed by atoms with Gasteiger partial charge in [-0.05, 0) is 35.9 Å². The first-order valence-electron chi connectivity index (χ1n) is 8.91. The molecule has 8 nitrogen and oxygen atoms in total. The van der Waals surface area contributed by atoms with Gasteiger partial charge in [0.2, 0.25) is 5.76 Å². The Morgan fingerprint density at radius 2 is 1.97 bits per heavy atom. The third kappa shape index (κ3) is 5.90. The highest BCUT2D eigenvalue weighted by Crippen LogP contribution is 2.16. The number of nitrogens with zero attached hydrogens (tertiary/aromatic N) is 3. The molecule has 30 heavy (non-hydrogen) atoms. The van der Waals surface area contributed by atoms with Crippen LogP contribution in [0.2, 0.25) is 0 Å². The highest BCUT2D eigenvalue weighted by molar-refractivity contribution is 5.88. The van der Waals surface area contributed by atoms with Gasteiger partial charge in [0.05, 0.1) is 6.54 Å². The number of hydrogen-bond acceptors (Lipinski definition) is 6. The second kappa shape index (κ2) is 9.68. The SMILES string of the molecule is CN(Cc1ccc(OC(F)F)cc1)C(=O)COC(=O)c1ccc(Cn2cccn2)o1. The number of aromatic nitrogens is 2. The van der Waals surface area contributed by atoms with Gasteiger partial charge in [-0.2, -0.15) is 13.9 Å². The van der Waals surface area contributed by atoms with Gasteiger partial charge < -0.3 is 18.8 Å². The van der Waals surface area contributed by atoms with E-state index in [2.05, 4.69) is 9.84 Å². The number of alkyl halides is 2. The maximum atomic E-state index is 12.2. The second-order valence-corrected chi connectivity index (χ2v) is 6.32. The Bertz CT molecular complexity index is 971. The van der Waals surface area contributed by atoms with Gasteiger partial charge in [-0.25, -0.2) is 4.79 Å². The highest BCUT2D eigenvalue weighted by Gasteiger charge is 2.17. The fraction of sp³-hybridized carbons (Fsp3) is 0.250. The number of likely N-dealkylation sites (N-methyl/N-ethyl adjacent to an activating group) is 1. The number of hydrogen-bond donors (Lipinski definition) is 0. The minimum Gasteiger partial charge on any atom is -0.452 e. The van der Waals surface area contributed by atoms with E-state index in [4.69, 9.17) is 9.15 Å². The fourth-order valence-electron chi connectivity index (χ4n) is 2.57. The lowest BCUT2D eigenvalue weighted by molar-refractivity contribution is -0.133. The maximum absolute atomic E-state index is 12.2. The zero-order valence-electron chi connectivity index (χ0n) is 16.0. The number of esters is 1. The molecule has 2 heterocycles. The number of ether oxygens (including phenoxy) is 2. The van der Waals surface area contributed by atoms with Crippen molar-refractivity contribution < 1.29 is 32.3 Å². The monoisotopic (exact) mass is 419 g/mol. The largest absolute Gasteiger partial charge is 0.452 e. The van der Waals surface area contributed by atoms with E-state index in [0.29, 0.717) is 17.9 Å². The van der Waals surface area contributed by atoms with Crippen molar-refractivity contribution in [3.63, 3.8) is 0 Å². The van der Waals surface area contributed by atoms with Crippen LogP contribution in [0.3, 0.4) is 0 Å². The van der Waals surface area contributed by atoms with Gasteiger partial charge in [-0.3, -0.25) is 9.48 Å². The van der Waals surface area contributed by atoms with Crippen LogP contribution in [0.25, 0.3) is 0 Å². The van der Waals surface area contributed by atoms with Crippen molar-refractivity contribution in [3.8, 4) is 5.75 Å². The number of carbonyl (C=O) groups excluding carboxylic acids is 2. The summed E-state index contributed by atoms with van der Waals surface area (Å²) < 4.78 is 40.7. The molecule has 1 amide bonds. The number of amides is 1. The van der Waals surface area contributed by atoms with Crippen molar-refractivity contribution in [1.82, 2.24) is 14.7 Å². The summed E-state index contributed by atoms with van der Waals surface area (Å²) in [7, 11) is 1.54. The van der Waals surface area contributed by atoms with Gasteiger partial charge in [0.1, 0.15) is 11.5 Å². The second-order valence-electron chi connectivity index (χ2n) is 6.32. The van der Waals surface area contributed by atoms with E-state index in [1.165, 1.54) is 30.1 Å². The average molecular weight is 419 g/mol. The van der Waals surface area contributed by atoms with Crippen LogP contribution in [0.4, 0.5) is 8.78 Å². The van der Waals surface area contributed by atoms with Gasteiger partial charge >= 0.3 is 12.6 Å². The molecule has 2 aromatic heterocycles. The topological polar surface area (TPSA) is 86.8 Å². The zero-order chi connectivity index (χ0) is 21.5. The highest BCUT2D eigenvalue weighted by atomic mass is 19.3. The van der Waals surface area contributed by atoms with E-state index >= 15 is 0 Å². The van der Waals surface area contributed by atoms with E-state index in [1.54, 1.807) is 41.3 Å². The van der Waals surface area contributed by atoms with E-state index in [0.717, 1.165) is 0 Å². The van der Waals surface area contributed by atoms with Crippen LogP contribution < -0.4 is 4.74 Å². The summed E-state index contributed by atoms with van der Waals surface area (Å²) in [6, 6.07) is 10.8. The average Bonchev–Trinajstić information content (AvgIpc) is 3.39. The Morgan fingerprint density at radius 3 is 2.63 bits per heavy atom. The molecule has 0 saturated heterocycles. The fourth-order valence-corrected chi connectivity index (χ4v) is 2.57. The van der Waals surface area contributed by atoms with E-state index in [1.807, 2.05) is 0 Å². The summed E-state index contributed by atoms with van der Waals surface area (Å²) in [6.45, 7) is -2.79. The number of carbonyl (C=O) groups is 2. The van der Waals surface area contributed by atoms with Crippen LogP contribution in [0, 0.1) is 0 Å². The smallest absolute Gasteiger partial charge is 0.387 e.